The van der Waals surface area contributed by atoms with Crippen LogP contribution in [0.3, 0.4) is 0 Å². The molecule has 0 aliphatic carbocycles. The van der Waals surface area contributed by atoms with Crippen LogP contribution in [0.25, 0.3) is 22.3 Å². The predicted molar refractivity (Wildman–Crippen MR) is 168 cm³/mol. The highest BCUT2D eigenvalue weighted by Crippen LogP contribution is 2.35. The third kappa shape index (κ3) is 7.42. The van der Waals surface area contributed by atoms with E-state index in [1.807, 2.05) is 0 Å². The molecule has 0 saturated carbocycles. The van der Waals surface area contributed by atoms with Gasteiger partial charge in [-0.05, 0) is 38.1 Å². The van der Waals surface area contributed by atoms with Gasteiger partial charge in [0.05, 0.1) is 18.8 Å². The molecule has 18 heteroatoms. The summed E-state index contributed by atoms with van der Waals surface area (Å²) in [4.78, 5) is 13.0. The lowest BCUT2D eigenvalue weighted by Crippen LogP contribution is -2.65. The molecule has 3 saturated heterocycles. The summed E-state index contributed by atoms with van der Waals surface area (Å²) in [5.74, 6) is -0.682. The molecule has 15 unspecified atom stereocenters. The number of phenols is 2. The second kappa shape index (κ2) is 14.9. The van der Waals surface area contributed by atoms with Crippen LogP contribution in [-0.2, 0) is 23.7 Å². The Morgan fingerprint density at radius 1 is 0.667 bits per heavy atom. The number of benzene rings is 2. The third-order valence-electron chi connectivity index (χ3n) is 9.16. The first-order chi connectivity index (χ1) is 24.1. The Morgan fingerprint density at radius 3 is 1.92 bits per heavy atom. The lowest BCUT2D eigenvalue weighted by molar-refractivity contribution is -0.360. The largest absolute Gasteiger partial charge is 0.508 e. The van der Waals surface area contributed by atoms with Crippen molar-refractivity contribution < 1.29 is 83.9 Å². The van der Waals surface area contributed by atoms with E-state index in [0.717, 1.165) is 12.1 Å². The van der Waals surface area contributed by atoms with Crippen molar-refractivity contribution in [1.29, 1.82) is 0 Å². The van der Waals surface area contributed by atoms with E-state index >= 15 is 0 Å². The Balaban J connectivity index is 1.30. The second-order valence-electron chi connectivity index (χ2n) is 12.8. The summed E-state index contributed by atoms with van der Waals surface area (Å²) in [7, 11) is 0. The van der Waals surface area contributed by atoms with Crippen LogP contribution >= 0.6 is 0 Å². The molecular weight excluding hydrogens is 684 g/mol. The third-order valence-corrected chi connectivity index (χ3v) is 9.16. The predicted octanol–water partition coefficient (Wildman–Crippen LogP) is -2.25. The van der Waals surface area contributed by atoms with E-state index in [4.69, 9.17) is 32.8 Å². The second-order valence-corrected chi connectivity index (χ2v) is 12.8. The van der Waals surface area contributed by atoms with Crippen molar-refractivity contribution in [3.8, 4) is 28.6 Å². The smallest absolute Gasteiger partial charge is 0.229 e. The standard InChI is InChI=1S/C33H40O18/c1-11-22(37)25(40)28(43)31(46-11)45-10-20-24(39)27(42)30(51-32-29(44)26(41)23(38)12(2)47-32)33(50-20)48-15-7-16(35)21-17(36)9-18(49-19(21)8-15)13-3-5-14(34)6-4-13/h3-9,11-12,20,22-35,37-44H,10H2,1-2H3. The Morgan fingerprint density at radius 2 is 1.27 bits per heavy atom. The summed E-state index contributed by atoms with van der Waals surface area (Å²) >= 11 is 0. The molecule has 51 heavy (non-hydrogen) atoms. The van der Waals surface area contributed by atoms with Crippen molar-refractivity contribution in [1.82, 2.24) is 0 Å². The van der Waals surface area contributed by atoms with Crippen LogP contribution < -0.4 is 10.2 Å². The van der Waals surface area contributed by atoms with Crippen LogP contribution in [0.4, 0.5) is 0 Å². The number of aromatic hydroxyl groups is 2. The monoisotopic (exact) mass is 724 g/mol. The fraction of sp³-hybridized carbons (Fsp3) is 0.545. The van der Waals surface area contributed by atoms with Crippen molar-refractivity contribution in [3.63, 3.8) is 0 Å². The number of fused-ring (bicyclic) bond motifs is 1. The summed E-state index contributed by atoms with van der Waals surface area (Å²) < 4.78 is 40.1. The van der Waals surface area contributed by atoms with E-state index in [9.17, 15) is 55.9 Å². The summed E-state index contributed by atoms with van der Waals surface area (Å²) in [5, 5.41) is 104. The van der Waals surface area contributed by atoms with E-state index in [2.05, 4.69) is 0 Å². The number of phenolic OH excluding ortho intramolecular Hbond substituents is 2. The van der Waals surface area contributed by atoms with Gasteiger partial charge in [-0.1, -0.05) is 0 Å². The molecule has 0 bridgehead atoms. The molecule has 2 aromatic carbocycles. The van der Waals surface area contributed by atoms with Crippen LogP contribution in [0.1, 0.15) is 13.8 Å². The zero-order valence-electron chi connectivity index (χ0n) is 27.1. The number of aliphatic hydroxyl groups is 8. The summed E-state index contributed by atoms with van der Waals surface area (Å²) in [6, 6.07) is 9.22. The van der Waals surface area contributed by atoms with Crippen molar-refractivity contribution in [3.05, 3.63) is 52.7 Å². The molecule has 1 aromatic heterocycles. The highest BCUT2D eigenvalue weighted by molar-refractivity contribution is 5.86. The van der Waals surface area contributed by atoms with Crippen LogP contribution in [0.5, 0.6) is 17.2 Å². The van der Waals surface area contributed by atoms with Crippen molar-refractivity contribution >= 4 is 11.0 Å². The van der Waals surface area contributed by atoms with Gasteiger partial charge >= 0.3 is 0 Å². The van der Waals surface area contributed by atoms with Crippen LogP contribution in [0, 0.1) is 0 Å². The van der Waals surface area contributed by atoms with E-state index in [-0.39, 0.29) is 28.2 Å². The van der Waals surface area contributed by atoms with Crippen molar-refractivity contribution in [2.24, 2.45) is 0 Å². The number of ether oxygens (including phenoxy) is 6. The zero-order valence-corrected chi connectivity index (χ0v) is 27.1. The minimum Gasteiger partial charge on any atom is -0.508 e. The summed E-state index contributed by atoms with van der Waals surface area (Å²) in [6.07, 6.45) is -23.4. The normalized spacial score (nSPS) is 38.8. The van der Waals surface area contributed by atoms with E-state index in [1.54, 1.807) is 0 Å². The van der Waals surface area contributed by atoms with Gasteiger partial charge in [-0.25, -0.2) is 0 Å². The van der Waals surface area contributed by atoms with E-state index in [0.29, 0.717) is 5.56 Å². The van der Waals surface area contributed by atoms with Gasteiger partial charge in [0.15, 0.2) is 24.1 Å². The molecule has 3 aliphatic rings. The minimum absolute atomic E-state index is 0.0184. The van der Waals surface area contributed by atoms with E-state index < -0.39 is 110 Å². The average Bonchev–Trinajstić information content (AvgIpc) is 3.09. The van der Waals surface area contributed by atoms with Crippen LogP contribution in [0.2, 0.25) is 0 Å². The highest BCUT2D eigenvalue weighted by Gasteiger charge is 2.52. The van der Waals surface area contributed by atoms with Gasteiger partial charge in [-0.2, -0.15) is 0 Å². The first-order valence-corrected chi connectivity index (χ1v) is 16.1. The minimum atomic E-state index is -1.89. The molecule has 6 rings (SSSR count). The van der Waals surface area contributed by atoms with Crippen LogP contribution in [0.15, 0.2) is 51.7 Å². The summed E-state index contributed by atoms with van der Waals surface area (Å²) in [6.45, 7) is 2.25. The zero-order chi connectivity index (χ0) is 36.9. The maximum Gasteiger partial charge on any atom is 0.229 e. The van der Waals surface area contributed by atoms with Gasteiger partial charge in [0.25, 0.3) is 0 Å². The molecule has 280 valence electrons. The fourth-order valence-corrected chi connectivity index (χ4v) is 6.12. The molecule has 0 radical (unpaired) electrons. The number of hydrogen-bond acceptors (Lipinski definition) is 18. The van der Waals surface area contributed by atoms with Crippen LogP contribution in [-0.4, -0.2) is 150 Å². The summed E-state index contributed by atoms with van der Waals surface area (Å²) in [5.41, 5.74) is -0.311. The lowest BCUT2D eigenvalue weighted by atomic mass is 9.97. The number of aliphatic hydroxyl groups excluding tert-OH is 8. The number of hydrogen-bond donors (Lipinski definition) is 10. The maximum atomic E-state index is 13.0. The Bertz CT molecular complexity index is 1710. The molecule has 10 N–H and O–H groups in total. The maximum absolute atomic E-state index is 13.0. The molecule has 3 aliphatic heterocycles. The lowest BCUT2D eigenvalue weighted by Gasteiger charge is -2.46. The first kappa shape index (κ1) is 37.3. The van der Waals surface area contributed by atoms with Gasteiger partial charge in [0.1, 0.15) is 88.9 Å². The Labute approximate surface area is 288 Å². The Hall–Kier alpha value is -3.47. The molecule has 3 aromatic rings. The molecule has 4 heterocycles. The highest BCUT2D eigenvalue weighted by atomic mass is 16.8. The number of rotatable bonds is 8. The SMILES string of the molecule is CC1OC(OCC2OC(Oc3cc(O)c4c(=O)cc(-c5ccc(O)cc5)oc4c3)C(OC3OC(C)C(O)C(O)C3O)C(O)C2O)C(O)C(O)C1O. The van der Waals surface area contributed by atoms with Gasteiger partial charge in [0.2, 0.25) is 6.29 Å². The molecular formula is C33H40O18. The average molecular weight is 725 g/mol. The topological polar surface area (TPSA) is 288 Å². The molecule has 0 amide bonds. The Kier molecular flexibility index (Phi) is 10.9. The van der Waals surface area contributed by atoms with Gasteiger partial charge in [0, 0.05) is 23.8 Å². The van der Waals surface area contributed by atoms with Gasteiger partial charge in [-0.3, -0.25) is 4.79 Å². The van der Waals surface area contributed by atoms with Gasteiger partial charge < -0.3 is 83.9 Å². The van der Waals surface area contributed by atoms with Crippen molar-refractivity contribution in [2.75, 3.05) is 6.61 Å². The van der Waals surface area contributed by atoms with E-state index in [1.165, 1.54) is 44.2 Å². The fourth-order valence-electron chi connectivity index (χ4n) is 6.12. The molecule has 3 fully saturated rings. The quantitative estimate of drug-likeness (QED) is 0.117. The van der Waals surface area contributed by atoms with Gasteiger partial charge in [-0.15, -0.1) is 0 Å². The first-order valence-electron chi connectivity index (χ1n) is 16.1. The van der Waals surface area contributed by atoms with Crippen molar-refractivity contribution in [2.45, 2.75) is 106 Å². The molecule has 18 nitrogen and oxygen atoms in total. The molecule has 0 spiro atoms. The molecule has 15 atom stereocenters.